The third kappa shape index (κ3) is 5.17. The summed E-state index contributed by atoms with van der Waals surface area (Å²) >= 11 is 0. The minimum absolute atomic E-state index is 0. The Hall–Kier alpha value is 0.460. The molecule has 0 bridgehead atoms. The van der Waals surface area contributed by atoms with Gasteiger partial charge < -0.3 is 15.7 Å². The highest BCUT2D eigenvalue weighted by atomic mass is 35.5. The Morgan fingerprint density at radius 2 is 1.75 bits per heavy atom. The van der Waals surface area contributed by atoms with E-state index < -0.39 is 0 Å². The number of likely N-dealkylation sites (tertiary alicyclic amines) is 1. The van der Waals surface area contributed by atoms with E-state index >= 15 is 0 Å². The molecule has 1 saturated heterocycles. The van der Waals surface area contributed by atoms with E-state index in [1.807, 2.05) is 0 Å². The SMILES string of the molecule is Cl.Cl.NC(CO)CN1CCCC1. The normalized spacial score (nSPS) is 19.5. The van der Waals surface area contributed by atoms with E-state index in [0.717, 1.165) is 19.6 Å². The molecule has 0 amide bonds. The highest BCUT2D eigenvalue weighted by Gasteiger charge is 2.13. The smallest absolute Gasteiger partial charge is 0.0595 e. The van der Waals surface area contributed by atoms with E-state index in [9.17, 15) is 0 Å². The van der Waals surface area contributed by atoms with Crippen LogP contribution in [-0.4, -0.2) is 42.3 Å². The molecule has 1 unspecified atom stereocenters. The fourth-order valence-corrected chi connectivity index (χ4v) is 1.35. The lowest BCUT2D eigenvalue weighted by atomic mass is 10.3. The van der Waals surface area contributed by atoms with Crippen molar-refractivity contribution in [2.75, 3.05) is 26.2 Å². The predicted octanol–water partition coefficient (Wildman–Crippen LogP) is 0.245. The fraction of sp³-hybridized carbons (Fsp3) is 1.00. The van der Waals surface area contributed by atoms with E-state index in [2.05, 4.69) is 4.90 Å². The number of hydrogen-bond acceptors (Lipinski definition) is 3. The molecule has 3 nitrogen and oxygen atoms in total. The van der Waals surface area contributed by atoms with Crippen LogP contribution >= 0.6 is 24.8 Å². The highest BCUT2D eigenvalue weighted by molar-refractivity contribution is 5.85. The second kappa shape index (κ2) is 8.08. The van der Waals surface area contributed by atoms with Crippen LogP contribution in [0.1, 0.15) is 12.8 Å². The van der Waals surface area contributed by atoms with E-state index in [1.165, 1.54) is 12.8 Å². The third-order valence-corrected chi connectivity index (χ3v) is 1.93. The maximum absolute atomic E-state index is 8.64. The molecule has 3 N–H and O–H groups in total. The molecule has 76 valence electrons. The third-order valence-electron chi connectivity index (χ3n) is 1.93. The number of nitrogens with two attached hydrogens (primary N) is 1. The molecule has 1 fully saturated rings. The molecule has 0 aromatic heterocycles. The summed E-state index contributed by atoms with van der Waals surface area (Å²) in [6.45, 7) is 3.29. The van der Waals surface area contributed by atoms with Crippen LogP contribution in [0.5, 0.6) is 0 Å². The second-order valence-corrected chi connectivity index (χ2v) is 2.95. The van der Waals surface area contributed by atoms with Gasteiger partial charge in [0.25, 0.3) is 0 Å². The van der Waals surface area contributed by atoms with Crippen LogP contribution < -0.4 is 5.73 Å². The Labute approximate surface area is 86.1 Å². The summed E-state index contributed by atoms with van der Waals surface area (Å²) in [5.74, 6) is 0. The van der Waals surface area contributed by atoms with Crippen LogP contribution in [0, 0.1) is 0 Å². The molecule has 0 saturated carbocycles. The van der Waals surface area contributed by atoms with Gasteiger partial charge in [-0.3, -0.25) is 0 Å². The van der Waals surface area contributed by atoms with Crippen molar-refractivity contribution in [2.45, 2.75) is 18.9 Å². The maximum atomic E-state index is 8.64. The Morgan fingerprint density at radius 3 is 2.17 bits per heavy atom. The van der Waals surface area contributed by atoms with Crippen LogP contribution in [0.2, 0.25) is 0 Å². The van der Waals surface area contributed by atoms with E-state index in [4.69, 9.17) is 10.8 Å². The summed E-state index contributed by atoms with van der Waals surface area (Å²) in [5, 5.41) is 8.64. The Morgan fingerprint density at radius 1 is 1.25 bits per heavy atom. The number of aliphatic hydroxyl groups is 1. The quantitative estimate of drug-likeness (QED) is 0.712. The number of nitrogens with zero attached hydrogens (tertiary/aromatic N) is 1. The molecule has 1 heterocycles. The van der Waals surface area contributed by atoms with Crippen molar-refractivity contribution in [3.63, 3.8) is 0 Å². The molecule has 1 aliphatic heterocycles. The number of aliphatic hydroxyl groups excluding tert-OH is 1. The Bertz CT molecular complexity index is 99.4. The van der Waals surface area contributed by atoms with Gasteiger partial charge in [-0.1, -0.05) is 0 Å². The van der Waals surface area contributed by atoms with E-state index in [0.29, 0.717) is 0 Å². The lowest BCUT2D eigenvalue weighted by molar-refractivity contribution is 0.222. The minimum atomic E-state index is -0.0434. The summed E-state index contributed by atoms with van der Waals surface area (Å²) in [6, 6.07) is -0.0434. The molecule has 0 spiro atoms. The summed E-state index contributed by atoms with van der Waals surface area (Å²) in [4.78, 5) is 2.31. The fourth-order valence-electron chi connectivity index (χ4n) is 1.35. The first-order chi connectivity index (χ1) is 4.83. The highest BCUT2D eigenvalue weighted by Crippen LogP contribution is 2.06. The van der Waals surface area contributed by atoms with Gasteiger partial charge in [-0.05, 0) is 25.9 Å². The summed E-state index contributed by atoms with van der Waals surface area (Å²) in [6.07, 6.45) is 2.58. The van der Waals surface area contributed by atoms with Gasteiger partial charge in [0.2, 0.25) is 0 Å². The van der Waals surface area contributed by atoms with Gasteiger partial charge in [0.05, 0.1) is 6.61 Å². The van der Waals surface area contributed by atoms with Gasteiger partial charge in [0, 0.05) is 12.6 Å². The molecule has 0 radical (unpaired) electrons. The van der Waals surface area contributed by atoms with Gasteiger partial charge >= 0.3 is 0 Å². The first kappa shape index (κ1) is 15.0. The summed E-state index contributed by atoms with van der Waals surface area (Å²) in [5.41, 5.74) is 5.56. The van der Waals surface area contributed by atoms with Crippen LogP contribution in [-0.2, 0) is 0 Å². The minimum Gasteiger partial charge on any atom is -0.395 e. The molecule has 1 aliphatic rings. The van der Waals surface area contributed by atoms with Crippen molar-refractivity contribution in [3.05, 3.63) is 0 Å². The molecular weight excluding hydrogens is 199 g/mol. The molecular formula is C7H18Cl2N2O. The lowest BCUT2D eigenvalue weighted by Crippen LogP contribution is -2.38. The van der Waals surface area contributed by atoms with Crippen molar-refractivity contribution in [3.8, 4) is 0 Å². The number of halogens is 2. The van der Waals surface area contributed by atoms with Crippen molar-refractivity contribution in [2.24, 2.45) is 5.73 Å². The standard InChI is InChI=1S/C7H16N2O.2ClH/c8-7(6-10)5-9-3-1-2-4-9;;/h7,10H,1-6,8H2;2*1H. The summed E-state index contributed by atoms with van der Waals surface area (Å²) < 4.78 is 0. The average Bonchev–Trinajstić information content (AvgIpc) is 2.40. The van der Waals surface area contributed by atoms with Gasteiger partial charge in [0.1, 0.15) is 0 Å². The zero-order valence-corrected chi connectivity index (χ0v) is 8.74. The van der Waals surface area contributed by atoms with Crippen LogP contribution in [0.4, 0.5) is 0 Å². The molecule has 1 rings (SSSR count). The molecule has 0 aromatic rings. The first-order valence-corrected chi connectivity index (χ1v) is 3.91. The van der Waals surface area contributed by atoms with Crippen molar-refractivity contribution < 1.29 is 5.11 Å². The van der Waals surface area contributed by atoms with Gasteiger partial charge in [0.15, 0.2) is 0 Å². The van der Waals surface area contributed by atoms with Crippen molar-refractivity contribution in [1.82, 2.24) is 4.90 Å². The van der Waals surface area contributed by atoms with Crippen LogP contribution in [0.3, 0.4) is 0 Å². The van der Waals surface area contributed by atoms with Gasteiger partial charge in [-0.2, -0.15) is 0 Å². The number of hydrogen-bond donors (Lipinski definition) is 2. The predicted molar refractivity (Wildman–Crippen MR) is 55.2 cm³/mol. The van der Waals surface area contributed by atoms with Gasteiger partial charge in [-0.25, -0.2) is 0 Å². The topological polar surface area (TPSA) is 49.5 Å². The molecule has 5 heteroatoms. The average molecular weight is 217 g/mol. The lowest BCUT2D eigenvalue weighted by Gasteiger charge is -2.17. The molecule has 0 aliphatic carbocycles. The van der Waals surface area contributed by atoms with Crippen molar-refractivity contribution in [1.29, 1.82) is 0 Å². The van der Waals surface area contributed by atoms with E-state index in [-0.39, 0.29) is 37.5 Å². The first-order valence-electron chi connectivity index (χ1n) is 3.91. The molecule has 1 atom stereocenters. The van der Waals surface area contributed by atoms with Crippen LogP contribution in [0.25, 0.3) is 0 Å². The summed E-state index contributed by atoms with van der Waals surface area (Å²) in [7, 11) is 0. The molecule has 0 aromatic carbocycles. The zero-order chi connectivity index (χ0) is 7.40. The second-order valence-electron chi connectivity index (χ2n) is 2.95. The largest absolute Gasteiger partial charge is 0.395 e. The zero-order valence-electron chi connectivity index (χ0n) is 7.11. The van der Waals surface area contributed by atoms with Gasteiger partial charge in [-0.15, -0.1) is 24.8 Å². The Kier molecular flexibility index (Phi) is 10.1. The van der Waals surface area contributed by atoms with E-state index in [1.54, 1.807) is 0 Å². The van der Waals surface area contributed by atoms with Crippen molar-refractivity contribution >= 4 is 24.8 Å². The Balaban J connectivity index is 0. The number of rotatable bonds is 3. The maximum Gasteiger partial charge on any atom is 0.0595 e. The molecule has 12 heavy (non-hydrogen) atoms. The monoisotopic (exact) mass is 216 g/mol. The van der Waals surface area contributed by atoms with Crippen LogP contribution in [0.15, 0.2) is 0 Å².